The van der Waals surface area contributed by atoms with Crippen molar-refractivity contribution in [3.63, 3.8) is 0 Å². The summed E-state index contributed by atoms with van der Waals surface area (Å²) in [5.74, 6) is -0.218. The van der Waals surface area contributed by atoms with E-state index in [0.717, 1.165) is 32.3 Å². The first-order valence-electron chi connectivity index (χ1n) is 8.09. The van der Waals surface area contributed by atoms with Crippen LogP contribution < -0.4 is 10.6 Å². The van der Waals surface area contributed by atoms with Crippen molar-refractivity contribution >= 4 is 11.9 Å². The highest BCUT2D eigenvalue weighted by Crippen LogP contribution is 2.44. The third kappa shape index (κ3) is 2.98. The van der Waals surface area contributed by atoms with Crippen molar-refractivity contribution in [2.24, 2.45) is 0 Å². The molecule has 0 spiro atoms. The summed E-state index contributed by atoms with van der Waals surface area (Å²) >= 11 is 0. The van der Waals surface area contributed by atoms with E-state index >= 15 is 0 Å². The molecule has 138 valence electrons. The lowest BCUT2D eigenvalue weighted by Gasteiger charge is -2.27. The molecule has 1 fully saturated rings. The van der Waals surface area contributed by atoms with Crippen LogP contribution in [0.4, 0.5) is 23.8 Å². The predicted octanol–water partition coefficient (Wildman–Crippen LogP) is 2.43. The molecule has 26 heavy (non-hydrogen) atoms. The molecule has 1 atom stereocenters. The molecule has 0 aromatic carbocycles. The van der Waals surface area contributed by atoms with Gasteiger partial charge in [0.15, 0.2) is 0 Å². The Bertz CT molecular complexity index is 831. The number of hydrogen-bond acceptors (Lipinski definition) is 6. The molecule has 2 aromatic rings. The third-order valence-electron chi connectivity index (χ3n) is 4.42. The number of piperidine rings is 1. The minimum absolute atomic E-state index is 0.00925. The first-order chi connectivity index (χ1) is 12.4. The lowest BCUT2D eigenvalue weighted by Crippen LogP contribution is -2.34. The van der Waals surface area contributed by atoms with Crippen LogP contribution in [0.15, 0.2) is 18.6 Å². The maximum Gasteiger partial charge on any atom is 0.430 e. The highest BCUT2D eigenvalue weighted by molar-refractivity contribution is 5.88. The van der Waals surface area contributed by atoms with Crippen LogP contribution in [-0.2, 0) is 4.74 Å². The number of alkyl halides is 3. The minimum atomic E-state index is -4.79. The molecule has 0 bridgehead atoms. The van der Waals surface area contributed by atoms with E-state index in [1.165, 1.54) is 0 Å². The monoisotopic (exact) mass is 368 g/mol. The van der Waals surface area contributed by atoms with E-state index in [2.05, 4.69) is 30.4 Å². The van der Waals surface area contributed by atoms with Gasteiger partial charge < -0.3 is 10.1 Å². The number of halogens is 3. The fourth-order valence-electron chi connectivity index (χ4n) is 3.21. The summed E-state index contributed by atoms with van der Waals surface area (Å²) in [6.45, 7) is 1.72. The maximum absolute atomic E-state index is 13.4. The fourth-order valence-corrected chi connectivity index (χ4v) is 3.21. The standard InChI is InChI=1S/C15H15F3N6O2/c16-15(17,18)12-10-11(20-7-21-13(10)22-14(25)26-12)9-3-6-24(23-9)8-1-4-19-5-2-8/h3,6-8,12,19H,1-2,4-5H2,(H,20,21,22,25)/t12-/m1/s1. The maximum atomic E-state index is 13.4. The van der Waals surface area contributed by atoms with Crippen LogP contribution >= 0.6 is 0 Å². The highest BCUT2D eigenvalue weighted by atomic mass is 19.4. The van der Waals surface area contributed by atoms with Crippen LogP contribution in [0.25, 0.3) is 11.4 Å². The number of fused-ring (bicyclic) bond motifs is 1. The molecule has 8 nitrogen and oxygen atoms in total. The third-order valence-corrected chi connectivity index (χ3v) is 4.42. The molecule has 4 rings (SSSR count). The van der Waals surface area contributed by atoms with E-state index < -0.39 is 18.4 Å². The lowest BCUT2D eigenvalue weighted by atomic mass is 10.0. The largest absolute Gasteiger partial charge is 0.431 e. The Hall–Kier alpha value is -2.69. The van der Waals surface area contributed by atoms with Crippen LogP contribution in [0, 0.1) is 0 Å². The zero-order chi connectivity index (χ0) is 18.3. The van der Waals surface area contributed by atoms with Crippen LogP contribution in [0.3, 0.4) is 0 Å². The summed E-state index contributed by atoms with van der Waals surface area (Å²) in [5.41, 5.74) is -0.0728. The van der Waals surface area contributed by atoms with Crippen molar-refractivity contribution in [3.8, 4) is 11.4 Å². The molecule has 0 radical (unpaired) electrons. The van der Waals surface area contributed by atoms with Gasteiger partial charge in [0.1, 0.15) is 23.5 Å². The summed E-state index contributed by atoms with van der Waals surface area (Å²) in [5, 5.41) is 9.84. The normalized spacial score (nSPS) is 21.0. The van der Waals surface area contributed by atoms with Crippen molar-refractivity contribution in [1.29, 1.82) is 0 Å². The number of amides is 1. The average molecular weight is 368 g/mol. The summed E-state index contributed by atoms with van der Waals surface area (Å²) in [4.78, 5) is 19.2. The van der Waals surface area contributed by atoms with Crippen LogP contribution in [0.2, 0.25) is 0 Å². The van der Waals surface area contributed by atoms with Gasteiger partial charge in [-0.15, -0.1) is 0 Å². The van der Waals surface area contributed by atoms with Crippen molar-refractivity contribution in [2.75, 3.05) is 18.4 Å². The van der Waals surface area contributed by atoms with Crippen molar-refractivity contribution in [1.82, 2.24) is 25.1 Å². The zero-order valence-corrected chi connectivity index (χ0v) is 13.5. The van der Waals surface area contributed by atoms with Gasteiger partial charge in [-0.25, -0.2) is 14.8 Å². The van der Waals surface area contributed by atoms with Gasteiger partial charge in [-0.3, -0.25) is 10.00 Å². The molecular weight excluding hydrogens is 353 g/mol. The number of aromatic nitrogens is 4. The molecule has 2 N–H and O–H groups in total. The second kappa shape index (κ2) is 6.24. The van der Waals surface area contributed by atoms with Crippen LogP contribution in [0.5, 0.6) is 0 Å². The Labute approximate surface area is 145 Å². The topological polar surface area (TPSA) is 94.0 Å². The Morgan fingerprint density at radius 3 is 2.73 bits per heavy atom. The van der Waals surface area contributed by atoms with Gasteiger partial charge in [0.25, 0.3) is 0 Å². The van der Waals surface area contributed by atoms with E-state index in [1.54, 1.807) is 16.9 Å². The fraction of sp³-hybridized carbons (Fsp3) is 0.467. The van der Waals surface area contributed by atoms with Gasteiger partial charge in [0.2, 0.25) is 6.10 Å². The molecule has 0 unspecified atom stereocenters. The van der Waals surface area contributed by atoms with Gasteiger partial charge >= 0.3 is 12.3 Å². The smallest absolute Gasteiger partial charge is 0.430 e. The Morgan fingerprint density at radius 2 is 2.00 bits per heavy atom. The summed E-state index contributed by atoms with van der Waals surface area (Å²) in [7, 11) is 0. The number of hydrogen-bond donors (Lipinski definition) is 2. The molecule has 0 aliphatic carbocycles. The van der Waals surface area contributed by atoms with Crippen molar-refractivity contribution in [2.45, 2.75) is 31.2 Å². The van der Waals surface area contributed by atoms with Crippen LogP contribution in [0.1, 0.15) is 30.6 Å². The summed E-state index contributed by atoms with van der Waals surface area (Å²) in [6.07, 6.45) is -3.85. The Morgan fingerprint density at radius 1 is 1.23 bits per heavy atom. The number of anilines is 1. The number of ether oxygens (including phenoxy) is 1. The number of nitrogens with one attached hydrogen (secondary N) is 2. The summed E-state index contributed by atoms with van der Waals surface area (Å²) < 4.78 is 46.4. The molecule has 2 aromatic heterocycles. The molecule has 2 aliphatic heterocycles. The number of rotatable bonds is 2. The quantitative estimate of drug-likeness (QED) is 0.846. The molecule has 4 heterocycles. The number of cyclic esters (lactones) is 1. The highest BCUT2D eigenvalue weighted by Gasteiger charge is 2.49. The average Bonchev–Trinajstić information content (AvgIpc) is 3.10. The van der Waals surface area contributed by atoms with E-state index in [-0.39, 0.29) is 28.8 Å². The Balaban J connectivity index is 1.75. The van der Waals surface area contributed by atoms with Gasteiger partial charge in [-0.05, 0) is 32.0 Å². The second-order valence-electron chi connectivity index (χ2n) is 6.10. The first-order valence-corrected chi connectivity index (χ1v) is 8.09. The van der Waals surface area contributed by atoms with E-state index in [1.807, 2.05) is 0 Å². The SMILES string of the molecule is O=C1Nc2ncnc(-c3ccn(C4CCNCC4)n3)c2[C@H](C(F)(F)F)O1. The lowest BCUT2D eigenvalue weighted by molar-refractivity contribution is -0.206. The molecular formula is C15H15F3N6O2. The van der Waals surface area contributed by atoms with E-state index in [4.69, 9.17) is 0 Å². The predicted molar refractivity (Wildman–Crippen MR) is 83.3 cm³/mol. The molecule has 0 saturated carbocycles. The number of carbonyl (C=O) groups is 1. The van der Waals surface area contributed by atoms with E-state index in [0.29, 0.717) is 0 Å². The van der Waals surface area contributed by atoms with Gasteiger partial charge in [-0.1, -0.05) is 0 Å². The van der Waals surface area contributed by atoms with Gasteiger partial charge in [0.05, 0.1) is 11.6 Å². The molecule has 1 saturated heterocycles. The Kier molecular flexibility index (Phi) is 4.02. The number of carbonyl (C=O) groups excluding carboxylic acids is 1. The molecule has 2 aliphatic rings. The number of nitrogens with zero attached hydrogens (tertiary/aromatic N) is 4. The molecule has 11 heteroatoms. The van der Waals surface area contributed by atoms with E-state index in [9.17, 15) is 18.0 Å². The molecule has 1 amide bonds. The van der Waals surface area contributed by atoms with Gasteiger partial charge in [-0.2, -0.15) is 18.3 Å². The minimum Gasteiger partial charge on any atom is -0.431 e. The zero-order valence-electron chi connectivity index (χ0n) is 13.5. The second-order valence-corrected chi connectivity index (χ2v) is 6.10. The first kappa shape index (κ1) is 16.8. The van der Waals surface area contributed by atoms with Crippen molar-refractivity contribution in [3.05, 3.63) is 24.2 Å². The summed E-state index contributed by atoms with van der Waals surface area (Å²) in [6, 6.07) is 1.78. The van der Waals surface area contributed by atoms with Gasteiger partial charge in [0, 0.05) is 6.20 Å². The van der Waals surface area contributed by atoms with Crippen LogP contribution in [-0.4, -0.2) is 45.1 Å². The van der Waals surface area contributed by atoms with Crippen molar-refractivity contribution < 1.29 is 22.7 Å².